The minimum atomic E-state index is -3.26. The SMILES string of the molecule is CCS(=O)(=O)OC1(C)CCCC1. The Morgan fingerprint density at radius 2 is 1.83 bits per heavy atom. The van der Waals surface area contributed by atoms with Crippen molar-refractivity contribution in [3.05, 3.63) is 0 Å². The molecule has 4 heteroatoms. The standard InChI is InChI=1S/C8H16O3S/c1-3-12(9,10)11-8(2)6-4-5-7-8/h3-7H2,1-2H3. The highest BCUT2D eigenvalue weighted by Gasteiger charge is 2.33. The van der Waals surface area contributed by atoms with Crippen LogP contribution in [0, 0.1) is 0 Å². The molecular weight excluding hydrogens is 176 g/mol. The minimum absolute atomic E-state index is 0.0720. The van der Waals surface area contributed by atoms with E-state index < -0.39 is 15.7 Å². The molecule has 1 fully saturated rings. The lowest BCUT2D eigenvalue weighted by atomic mass is 10.1. The van der Waals surface area contributed by atoms with Gasteiger partial charge in [-0.05, 0) is 26.7 Å². The average molecular weight is 192 g/mol. The van der Waals surface area contributed by atoms with Gasteiger partial charge in [-0.15, -0.1) is 0 Å². The molecule has 0 spiro atoms. The van der Waals surface area contributed by atoms with Gasteiger partial charge in [-0.3, -0.25) is 4.18 Å². The molecule has 0 unspecified atom stereocenters. The molecule has 3 nitrogen and oxygen atoms in total. The molecule has 0 saturated heterocycles. The Balaban J connectivity index is 2.61. The first-order chi connectivity index (χ1) is 5.47. The van der Waals surface area contributed by atoms with E-state index in [-0.39, 0.29) is 5.75 Å². The van der Waals surface area contributed by atoms with E-state index in [1.54, 1.807) is 6.92 Å². The van der Waals surface area contributed by atoms with Gasteiger partial charge < -0.3 is 0 Å². The highest BCUT2D eigenvalue weighted by atomic mass is 32.2. The van der Waals surface area contributed by atoms with Crippen LogP contribution < -0.4 is 0 Å². The monoisotopic (exact) mass is 192 g/mol. The maximum atomic E-state index is 11.1. The fourth-order valence-corrected chi connectivity index (χ4v) is 2.47. The second-order valence-corrected chi connectivity index (χ2v) is 5.45. The summed E-state index contributed by atoms with van der Waals surface area (Å²) in [5.74, 6) is 0.0720. The van der Waals surface area contributed by atoms with Gasteiger partial charge in [-0.1, -0.05) is 12.8 Å². The number of hydrogen-bond donors (Lipinski definition) is 0. The second-order valence-electron chi connectivity index (χ2n) is 3.59. The third kappa shape index (κ3) is 2.45. The Labute approximate surface area is 74.2 Å². The van der Waals surface area contributed by atoms with Gasteiger partial charge in [0.1, 0.15) is 0 Å². The Hall–Kier alpha value is -0.0900. The van der Waals surface area contributed by atoms with Crippen molar-refractivity contribution in [2.75, 3.05) is 5.75 Å². The Kier molecular flexibility index (Phi) is 2.78. The van der Waals surface area contributed by atoms with Crippen LogP contribution in [0.25, 0.3) is 0 Å². The summed E-state index contributed by atoms with van der Waals surface area (Å²) in [5.41, 5.74) is -0.408. The lowest BCUT2D eigenvalue weighted by molar-refractivity contribution is 0.105. The normalized spacial score (nSPS) is 22.8. The summed E-state index contributed by atoms with van der Waals surface area (Å²) >= 11 is 0. The quantitative estimate of drug-likeness (QED) is 0.639. The van der Waals surface area contributed by atoms with Gasteiger partial charge in [0, 0.05) is 0 Å². The van der Waals surface area contributed by atoms with E-state index in [9.17, 15) is 8.42 Å². The second kappa shape index (κ2) is 3.34. The third-order valence-corrected chi connectivity index (χ3v) is 3.71. The van der Waals surface area contributed by atoms with Crippen LogP contribution in [0.3, 0.4) is 0 Å². The molecule has 0 heterocycles. The van der Waals surface area contributed by atoms with E-state index in [0.29, 0.717) is 0 Å². The largest absolute Gasteiger partial charge is 0.267 e. The smallest absolute Gasteiger partial charge is 0.264 e. The van der Waals surface area contributed by atoms with Crippen molar-refractivity contribution in [1.29, 1.82) is 0 Å². The molecule has 1 aliphatic carbocycles. The fraction of sp³-hybridized carbons (Fsp3) is 1.00. The van der Waals surface area contributed by atoms with E-state index in [1.165, 1.54) is 0 Å². The molecule has 0 amide bonds. The topological polar surface area (TPSA) is 43.4 Å². The molecule has 0 atom stereocenters. The van der Waals surface area contributed by atoms with Crippen molar-refractivity contribution in [2.45, 2.75) is 45.1 Å². The molecule has 1 aliphatic rings. The number of hydrogen-bond acceptors (Lipinski definition) is 3. The summed E-state index contributed by atoms with van der Waals surface area (Å²) in [4.78, 5) is 0. The van der Waals surface area contributed by atoms with Gasteiger partial charge in [0.05, 0.1) is 11.4 Å². The maximum Gasteiger partial charge on any atom is 0.267 e. The van der Waals surface area contributed by atoms with E-state index in [2.05, 4.69) is 0 Å². The summed E-state index contributed by atoms with van der Waals surface area (Å²) in [6.07, 6.45) is 3.89. The highest BCUT2D eigenvalue weighted by Crippen LogP contribution is 2.33. The molecule has 1 rings (SSSR count). The van der Waals surface area contributed by atoms with Crippen molar-refractivity contribution in [3.63, 3.8) is 0 Å². The van der Waals surface area contributed by atoms with Gasteiger partial charge in [0.15, 0.2) is 0 Å². The van der Waals surface area contributed by atoms with Gasteiger partial charge in [-0.25, -0.2) is 0 Å². The lowest BCUT2D eigenvalue weighted by Gasteiger charge is -2.22. The fourth-order valence-electron chi connectivity index (χ4n) is 1.57. The van der Waals surface area contributed by atoms with Crippen molar-refractivity contribution in [2.24, 2.45) is 0 Å². The van der Waals surface area contributed by atoms with Crippen molar-refractivity contribution in [1.82, 2.24) is 0 Å². The van der Waals surface area contributed by atoms with Gasteiger partial charge >= 0.3 is 0 Å². The van der Waals surface area contributed by atoms with Gasteiger partial charge in [0.2, 0.25) is 0 Å². The molecule has 0 N–H and O–H groups in total. The van der Waals surface area contributed by atoms with Gasteiger partial charge in [-0.2, -0.15) is 8.42 Å². The van der Waals surface area contributed by atoms with Crippen LogP contribution in [0.2, 0.25) is 0 Å². The zero-order chi connectivity index (χ0) is 9.24. The van der Waals surface area contributed by atoms with Crippen LogP contribution >= 0.6 is 0 Å². The zero-order valence-electron chi connectivity index (χ0n) is 7.67. The molecule has 12 heavy (non-hydrogen) atoms. The van der Waals surface area contributed by atoms with E-state index in [1.807, 2.05) is 6.92 Å². The predicted molar refractivity (Wildman–Crippen MR) is 47.4 cm³/mol. The maximum absolute atomic E-state index is 11.1. The van der Waals surface area contributed by atoms with Crippen LogP contribution in [0.15, 0.2) is 0 Å². The predicted octanol–water partition coefficient (Wildman–Crippen LogP) is 1.69. The molecule has 0 bridgehead atoms. The first-order valence-electron chi connectivity index (χ1n) is 4.41. The van der Waals surface area contributed by atoms with Crippen LogP contribution in [-0.4, -0.2) is 19.8 Å². The summed E-state index contributed by atoms with van der Waals surface area (Å²) in [6, 6.07) is 0. The molecule has 0 aromatic rings. The Morgan fingerprint density at radius 1 is 1.33 bits per heavy atom. The first-order valence-corrected chi connectivity index (χ1v) is 5.98. The van der Waals surface area contributed by atoms with E-state index in [0.717, 1.165) is 25.7 Å². The molecule has 1 saturated carbocycles. The number of rotatable bonds is 3. The third-order valence-electron chi connectivity index (χ3n) is 2.34. The summed E-state index contributed by atoms with van der Waals surface area (Å²) in [5, 5.41) is 0. The van der Waals surface area contributed by atoms with Crippen LogP contribution in [0.5, 0.6) is 0 Å². The molecule has 0 radical (unpaired) electrons. The lowest BCUT2D eigenvalue weighted by Crippen LogP contribution is -2.28. The molecular formula is C8H16O3S. The molecule has 0 aromatic carbocycles. The highest BCUT2D eigenvalue weighted by molar-refractivity contribution is 7.86. The Morgan fingerprint density at radius 3 is 2.25 bits per heavy atom. The van der Waals surface area contributed by atoms with E-state index >= 15 is 0 Å². The van der Waals surface area contributed by atoms with Gasteiger partial charge in [0.25, 0.3) is 10.1 Å². The molecule has 0 aromatic heterocycles. The van der Waals surface area contributed by atoms with Crippen molar-refractivity contribution < 1.29 is 12.6 Å². The summed E-state index contributed by atoms with van der Waals surface area (Å²) in [7, 11) is -3.26. The zero-order valence-corrected chi connectivity index (χ0v) is 8.49. The van der Waals surface area contributed by atoms with Crippen LogP contribution in [0.4, 0.5) is 0 Å². The minimum Gasteiger partial charge on any atom is -0.264 e. The van der Waals surface area contributed by atoms with Crippen LogP contribution in [-0.2, 0) is 14.3 Å². The summed E-state index contributed by atoms with van der Waals surface area (Å²) in [6.45, 7) is 3.49. The molecule has 72 valence electrons. The summed E-state index contributed by atoms with van der Waals surface area (Å²) < 4.78 is 27.4. The molecule has 0 aliphatic heterocycles. The van der Waals surface area contributed by atoms with Crippen molar-refractivity contribution in [3.8, 4) is 0 Å². The average Bonchev–Trinajstić information content (AvgIpc) is 2.35. The first kappa shape index (κ1) is 9.99. The van der Waals surface area contributed by atoms with E-state index in [4.69, 9.17) is 4.18 Å². The van der Waals surface area contributed by atoms with Crippen LogP contribution in [0.1, 0.15) is 39.5 Å². The Bertz CT molecular complexity index is 237. The van der Waals surface area contributed by atoms with Crippen molar-refractivity contribution >= 4 is 10.1 Å².